The molecule has 0 bridgehead atoms. The highest BCUT2D eigenvalue weighted by atomic mass is 16.6. The maximum Gasteiger partial charge on any atom is 0.269 e. The Bertz CT molecular complexity index is 1000. The zero-order chi connectivity index (χ0) is 19.5. The quantitative estimate of drug-likeness (QED) is 0.292. The smallest absolute Gasteiger partial charge is 0.269 e. The number of non-ortho nitro benzene ring substituents is 1. The molecule has 1 heterocycles. The van der Waals surface area contributed by atoms with E-state index in [1.165, 1.54) is 12.1 Å². The van der Waals surface area contributed by atoms with Crippen LogP contribution in [0.4, 0.5) is 5.69 Å². The van der Waals surface area contributed by atoms with E-state index in [0.717, 1.165) is 15.9 Å². The largest absolute Gasteiger partial charge is 0.622 e. The van der Waals surface area contributed by atoms with Crippen LogP contribution in [0.15, 0.2) is 84.9 Å². The van der Waals surface area contributed by atoms with E-state index < -0.39 is 11.1 Å². The Balaban J connectivity index is 1.70. The second kappa shape index (κ2) is 7.62. The number of hydrogen-bond acceptors (Lipinski definition) is 4. The molecule has 0 aromatic heterocycles. The van der Waals surface area contributed by atoms with Gasteiger partial charge in [-0.25, -0.2) is 4.90 Å². The third-order valence-electron chi connectivity index (χ3n) is 4.92. The highest BCUT2D eigenvalue weighted by Crippen LogP contribution is 2.30. The van der Waals surface area contributed by atoms with Crippen LogP contribution in [0.2, 0.25) is 0 Å². The zero-order valence-electron chi connectivity index (χ0n) is 15.1. The van der Waals surface area contributed by atoms with Gasteiger partial charge >= 0.3 is 0 Å². The predicted molar refractivity (Wildman–Crippen MR) is 107 cm³/mol. The molecule has 0 radical (unpaired) electrons. The first-order chi connectivity index (χ1) is 13.6. The molecule has 0 fully saturated rings. The monoisotopic (exact) mass is 373 g/mol. The van der Waals surface area contributed by atoms with Crippen LogP contribution in [0.5, 0.6) is 0 Å². The Morgan fingerprint density at radius 3 is 2.14 bits per heavy atom. The highest BCUT2D eigenvalue weighted by Gasteiger charge is 2.38. The average Bonchev–Trinajstić information content (AvgIpc) is 3.05. The average molecular weight is 373 g/mol. The molecule has 6 heteroatoms. The number of benzene rings is 3. The molecule has 0 saturated carbocycles. The first-order valence-corrected chi connectivity index (χ1v) is 9.03. The van der Waals surface area contributed by atoms with E-state index >= 15 is 0 Å². The molecule has 4 rings (SSSR count). The fourth-order valence-electron chi connectivity index (χ4n) is 3.57. The van der Waals surface area contributed by atoms with Crippen molar-refractivity contribution >= 4 is 11.4 Å². The van der Waals surface area contributed by atoms with E-state index in [4.69, 9.17) is 0 Å². The van der Waals surface area contributed by atoms with Gasteiger partial charge in [0.05, 0.1) is 11.5 Å². The zero-order valence-corrected chi connectivity index (χ0v) is 15.1. The molecule has 3 aromatic carbocycles. The van der Waals surface area contributed by atoms with Crippen LogP contribution in [0, 0.1) is 15.3 Å². The molecule has 0 N–H and O–H groups in total. The minimum absolute atomic E-state index is 0.0144. The summed E-state index contributed by atoms with van der Waals surface area (Å²) in [5.41, 5.74) is 3.38. The minimum Gasteiger partial charge on any atom is -0.622 e. The van der Waals surface area contributed by atoms with Crippen LogP contribution >= 0.6 is 0 Å². The molecular weight excluding hydrogens is 354 g/mol. The van der Waals surface area contributed by atoms with Crippen LogP contribution in [0.25, 0.3) is 0 Å². The second-order valence-corrected chi connectivity index (χ2v) is 6.75. The van der Waals surface area contributed by atoms with Crippen LogP contribution in [-0.4, -0.2) is 26.8 Å². The lowest BCUT2D eigenvalue weighted by atomic mass is 10.1. The van der Waals surface area contributed by atoms with Gasteiger partial charge in [0.15, 0.2) is 0 Å². The summed E-state index contributed by atoms with van der Waals surface area (Å²) in [6.45, 7) is 1.10. The maximum absolute atomic E-state index is 13.2. The van der Waals surface area contributed by atoms with Gasteiger partial charge in [-0.2, -0.15) is 4.74 Å². The standard InChI is InChI=1S/C22H19N3O3/c26-24-21(18-11-13-20(14-12-18)25(27)28)16-23(15-17-7-3-1-4-8-17)22(24)19-9-5-2-6-10-19/h1-14,22H,15-16H2. The van der Waals surface area contributed by atoms with Crippen LogP contribution in [-0.2, 0) is 6.54 Å². The maximum atomic E-state index is 13.2. The summed E-state index contributed by atoms with van der Waals surface area (Å²) in [4.78, 5) is 12.6. The van der Waals surface area contributed by atoms with Gasteiger partial charge < -0.3 is 5.21 Å². The molecular formula is C22H19N3O3. The molecule has 0 amide bonds. The fourth-order valence-corrected chi connectivity index (χ4v) is 3.57. The molecule has 28 heavy (non-hydrogen) atoms. The van der Waals surface area contributed by atoms with Gasteiger partial charge in [-0.05, 0) is 17.7 Å². The van der Waals surface area contributed by atoms with Crippen molar-refractivity contribution in [1.29, 1.82) is 0 Å². The van der Waals surface area contributed by atoms with Crippen molar-refractivity contribution in [3.8, 4) is 0 Å². The molecule has 6 nitrogen and oxygen atoms in total. The molecule has 0 spiro atoms. The second-order valence-electron chi connectivity index (χ2n) is 6.75. The van der Waals surface area contributed by atoms with Gasteiger partial charge in [0.1, 0.15) is 0 Å². The summed E-state index contributed by atoms with van der Waals surface area (Å²) in [5, 5.41) is 24.1. The minimum atomic E-state index is -0.438. The summed E-state index contributed by atoms with van der Waals surface area (Å²) >= 11 is 0. The topological polar surface area (TPSA) is 72.4 Å². The number of nitrogens with zero attached hydrogens (tertiary/aromatic N) is 3. The number of hydrogen-bond donors (Lipinski definition) is 0. The van der Waals surface area contributed by atoms with E-state index in [2.05, 4.69) is 4.90 Å². The van der Waals surface area contributed by atoms with Gasteiger partial charge in [0, 0.05) is 29.8 Å². The van der Waals surface area contributed by atoms with E-state index in [0.29, 0.717) is 24.4 Å². The summed E-state index contributed by atoms with van der Waals surface area (Å²) in [6.07, 6.45) is -0.438. The molecule has 1 atom stereocenters. The lowest BCUT2D eigenvalue weighted by Crippen LogP contribution is -2.27. The summed E-state index contributed by atoms with van der Waals surface area (Å²) in [6, 6.07) is 25.9. The number of hydroxylamine groups is 1. The van der Waals surface area contributed by atoms with Gasteiger partial charge in [-0.1, -0.05) is 60.7 Å². The summed E-state index contributed by atoms with van der Waals surface area (Å²) in [7, 11) is 0. The Hall–Kier alpha value is -3.51. The molecule has 1 aliphatic rings. The molecule has 140 valence electrons. The Labute approximate surface area is 162 Å². The number of rotatable bonds is 5. The summed E-state index contributed by atoms with van der Waals surface area (Å²) in [5.74, 6) is 0. The van der Waals surface area contributed by atoms with Gasteiger partial charge in [0.2, 0.25) is 11.9 Å². The summed E-state index contributed by atoms with van der Waals surface area (Å²) < 4.78 is 1.03. The SMILES string of the molecule is O=[N+]([O-])c1ccc(C2=[N+]([O-])C(c3ccccc3)N(Cc3ccccc3)C2)cc1. The third kappa shape index (κ3) is 3.50. The molecule has 1 unspecified atom stereocenters. The van der Waals surface area contributed by atoms with Crippen molar-refractivity contribution in [3.05, 3.63) is 117 Å². The molecule has 1 aliphatic heterocycles. The van der Waals surface area contributed by atoms with Crippen LogP contribution < -0.4 is 0 Å². The van der Waals surface area contributed by atoms with Gasteiger partial charge in [-0.15, -0.1) is 0 Å². The van der Waals surface area contributed by atoms with Crippen molar-refractivity contribution in [2.45, 2.75) is 12.7 Å². The third-order valence-corrected chi connectivity index (χ3v) is 4.92. The molecule has 0 saturated heterocycles. The van der Waals surface area contributed by atoms with E-state index in [1.807, 2.05) is 60.7 Å². The first-order valence-electron chi connectivity index (χ1n) is 9.03. The predicted octanol–water partition coefficient (Wildman–Crippen LogP) is 4.11. The Kier molecular flexibility index (Phi) is 4.87. The normalized spacial score (nSPS) is 17.1. The van der Waals surface area contributed by atoms with Crippen molar-refractivity contribution in [2.75, 3.05) is 6.54 Å². The fraction of sp³-hybridized carbons (Fsp3) is 0.136. The Morgan fingerprint density at radius 1 is 0.929 bits per heavy atom. The van der Waals surface area contributed by atoms with Crippen LogP contribution in [0.3, 0.4) is 0 Å². The molecule has 0 aliphatic carbocycles. The lowest BCUT2D eigenvalue weighted by molar-refractivity contribution is -0.523. The number of nitro benzene ring substituents is 1. The number of nitro groups is 1. The van der Waals surface area contributed by atoms with Gasteiger partial charge in [-0.3, -0.25) is 10.1 Å². The van der Waals surface area contributed by atoms with Crippen molar-refractivity contribution in [2.24, 2.45) is 0 Å². The van der Waals surface area contributed by atoms with E-state index in [9.17, 15) is 15.3 Å². The van der Waals surface area contributed by atoms with Crippen molar-refractivity contribution in [3.63, 3.8) is 0 Å². The van der Waals surface area contributed by atoms with Crippen molar-refractivity contribution in [1.82, 2.24) is 4.90 Å². The molecule has 3 aromatic rings. The van der Waals surface area contributed by atoms with Crippen LogP contribution in [0.1, 0.15) is 22.9 Å². The Morgan fingerprint density at radius 2 is 1.54 bits per heavy atom. The van der Waals surface area contributed by atoms with Crippen molar-refractivity contribution < 1.29 is 9.66 Å². The first kappa shape index (κ1) is 17.9. The van der Waals surface area contributed by atoms with E-state index in [-0.39, 0.29) is 5.69 Å². The lowest BCUT2D eigenvalue weighted by Gasteiger charge is -2.22. The van der Waals surface area contributed by atoms with E-state index in [1.54, 1.807) is 12.1 Å². The van der Waals surface area contributed by atoms with Gasteiger partial charge in [0.25, 0.3) is 5.69 Å². The highest BCUT2D eigenvalue weighted by molar-refractivity contribution is 5.99.